The van der Waals surface area contributed by atoms with Gasteiger partial charge in [0.1, 0.15) is 0 Å². The first-order valence-corrected chi connectivity index (χ1v) is 13.5. The highest BCUT2D eigenvalue weighted by Gasteiger charge is 2.22. The molecule has 0 saturated carbocycles. The van der Waals surface area contributed by atoms with Crippen molar-refractivity contribution in [2.45, 2.75) is 72.8 Å². The number of aromatic nitrogens is 1. The maximum atomic E-state index is 13.6. The van der Waals surface area contributed by atoms with Gasteiger partial charge in [-0.1, -0.05) is 88.1 Å². The molecule has 0 aliphatic heterocycles. The van der Waals surface area contributed by atoms with Gasteiger partial charge in [-0.3, -0.25) is 9.59 Å². The Bertz CT molecular complexity index is 1100. The van der Waals surface area contributed by atoms with Gasteiger partial charge >= 0.3 is 0 Å². The molecule has 0 aliphatic carbocycles. The summed E-state index contributed by atoms with van der Waals surface area (Å²) in [6, 6.07) is 16.6. The van der Waals surface area contributed by atoms with E-state index in [9.17, 15) is 9.59 Å². The molecule has 194 valence electrons. The van der Waals surface area contributed by atoms with E-state index in [1.54, 1.807) is 4.90 Å². The van der Waals surface area contributed by atoms with Gasteiger partial charge in [-0.05, 0) is 42.9 Å². The number of aryl methyl sites for hydroxylation is 1. The van der Waals surface area contributed by atoms with Crippen LogP contribution in [0.2, 0.25) is 0 Å². The molecular weight excluding hydrogens is 446 g/mol. The third-order valence-electron chi connectivity index (χ3n) is 6.68. The third kappa shape index (κ3) is 8.25. The molecule has 3 rings (SSSR count). The molecule has 0 spiro atoms. The minimum Gasteiger partial charge on any atom is -0.361 e. The Hall–Kier alpha value is -3.08. The maximum absolute atomic E-state index is 13.6. The van der Waals surface area contributed by atoms with Crippen molar-refractivity contribution < 1.29 is 9.59 Å². The van der Waals surface area contributed by atoms with E-state index in [1.165, 1.54) is 16.5 Å². The zero-order chi connectivity index (χ0) is 25.9. The third-order valence-corrected chi connectivity index (χ3v) is 6.68. The van der Waals surface area contributed by atoms with Crippen molar-refractivity contribution in [3.8, 4) is 0 Å². The Morgan fingerprint density at radius 1 is 0.917 bits per heavy atom. The predicted molar refractivity (Wildman–Crippen MR) is 149 cm³/mol. The average molecular weight is 490 g/mol. The van der Waals surface area contributed by atoms with E-state index >= 15 is 0 Å². The van der Waals surface area contributed by atoms with Gasteiger partial charge < -0.3 is 14.8 Å². The minimum absolute atomic E-state index is 0.0120. The van der Waals surface area contributed by atoms with Crippen LogP contribution in [0.1, 0.15) is 69.6 Å². The molecule has 0 radical (unpaired) electrons. The van der Waals surface area contributed by atoms with Crippen LogP contribution in [-0.4, -0.2) is 46.2 Å². The first-order valence-electron chi connectivity index (χ1n) is 13.5. The number of carbonyl (C=O) groups is 2. The molecule has 36 heavy (non-hydrogen) atoms. The van der Waals surface area contributed by atoms with Crippen LogP contribution in [0.3, 0.4) is 0 Å². The summed E-state index contributed by atoms with van der Waals surface area (Å²) in [6.07, 6.45) is 7.58. The highest BCUT2D eigenvalue weighted by atomic mass is 16.2. The summed E-state index contributed by atoms with van der Waals surface area (Å²) in [6.45, 7) is 10.3. The summed E-state index contributed by atoms with van der Waals surface area (Å²) in [7, 11) is 0. The summed E-state index contributed by atoms with van der Waals surface area (Å²) in [5.41, 5.74) is 4.63. The standard InChI is InChI=1S/C31H43N3O2/c1-5-6-7-8-13-30(35)34(21-24(2)3)23-31(36)33(22-26-16-14-25(4)15-17-26)19-18-27-20-32-29-12-10-9-11-28(27)29/h9-12,14-17,20,24,32H,5-8,13,18-19,21-23H2,1-4H3. The normalized spacial score (nSPS) is 11.2. The van der Waals surface area contributed by atoms with Crippen LogP contribution in [0.15, 0.2) is 54.7 Å². The number of unbranched alkanes of at least 4 members (excludes halogenated alkanes) is 3. The van der Waals surface area contributed by atoms with E-state index in [4.69, 9.17) is 0 Å². The van der Waals surface area contributed by atoms with E-state index in [0.717, 1.165) is 43.2 Å². The molecule has 0 saturated heterocycles. The lowest BCUT2D eigenvalue weighted by atomic mass is 10.1. The molecule has 1 N–H and O–H groups in total. The minimum atomic E-state index is 0.0120. The lowest BCUT2D eigenvalue weighted by Gasteiger charge is -2.29. The topological polar surface area (TPSA) is 56.4 Å². The van der Waals surface area contributed by atoms with Gasteiger partial charge in [-0.15, -0.1) is 0 Å². The molecule has 1 aromatic heterocycles. The number of aromatic amines is 1. The molecular formula is C31H43N3O2. The number of nitrogens with one attached hydrogen (secondary N) is 1. The molecule has 5 nitrogen and oxygen atoms in total. The number of nitrogens with zero attached hydrogens (tertiary/aromatic N) is 2. The van der Waals surface area contributed by atoms with Crippen LogP contribution in [0.25, 0.3) is 10.9 Å². The van der Waals surface area contributed by atoms with E-state index < -0.39 is 0 Å². The van der Waals surface area contributed by atoms with Gasteiger partial charge in [0.2, 0.25) is 11.8 Å². The molecule has 0 fully saturated rings. The predicted octanol–water partition coefficient (Wildman–Crippen LogP) is 6.50. The zero-order valence-electron chi connectivity index (χ0n) is 22.6. The molecule has 2 amide bonds. The number of amides is 2. The molecule has 1 heterocycles. The second-order valence-corrected chi connectivity index (χ2v) is 10.4. The van der Waals surface area contributed by atoms with Crippen LogP contribution in [0.5, 0.6) is 0 Å². The molecule has 0 bridgehead atoms. The number of benzene rings is 2. The lowest BCUT2D eigenvalue weighted by Crippen LogP contribution is -2.44. The van der Waals surface area contributed by atoms with Gasteiger partial charge in [0.15, 0.2) is 0 Å². The van der Waals surface area contributed by atoms with Gasteiger partial charge in [0.05, 0.1) is 6.54 Å². The van der Waals surface area contributed by atoms with Gasteiger partial charge in [-0.2, -0.15) is 0 Å². The summed E-state index contributed by atoms with van der Waals surface area (Å²) in [4.78, 5) is 33.7. The van der Waals surface area contributed by atoms with Crippen molar-refractivity contribution in [3.63, 3.8) is 0 Å². The smallest absolute Gasteiger partial charge is 0.242 e. The van der Waals surface area contributed by atoms with Crippen molar-refractivity contribution in [2.75, 3.05) is 19.6 Å². The Labute approximate surface area is 216 Å². The van der Waals surface area contributed by atoms with Crippen molar-refractivity contribution in [1.82, 2.24) is 14.8 Å². The average Bonchev–Trinajstić information content (AvgIpc) is 3.28. The number of hydrogen-bond donors (Lipinski definition) is 1. The van der Waals surface area contributed by atoms with Crippen LogP contribution in [0.4, 0.5) is 0 Å². The fraction of sp³-hybridized carbons (Fsp3) is 0.484. The number of H-pyrrole nitrogens is 1. The van der Waals surface area contributed by atoms with E-state index in [1.807, 2.05) is 23.2 Å². The van der Waals surface area contributed by atoms with Crippen LogP contribution < -0.4 is 0 Å². The Kier molecular flexibility index (Phi) is 10.6. The van der Waals surface area contributed by atoms with Crippen molar-refractivity contribution in [1.29, 1.82) is 0 Å². The monoisotopic (exact) mass is 489 g/mol. The summed E-state index contributed by atoms with van der Waals surface area (Å²) < 4.78 is 0. The Balaban J connectivity index is 1.73. The zero-order valence-corrected chi connectivity index (χ0v) is 22.6. The second-order valence-electron chi connectivity index (χ2n) is 10.4. The van der Waals surface area contributed by atoms with Crippen molar-refractivity contribution in [3.05, 3.63) is 71.4 Å². The van der Waals surface area contributed by atoms with Gasteiger partial charge in [0.25, 0.3) is 0 Å². The molecule has 0 atom stereocenters. The van der Waals surface area contributed by atoms with Crippen LogP contribution in [-0.2, 0) is 22.6 Å². The number of carbonyl (C=O) groups excluding carboxylic acids is 2. The molecule has 5 heteroatoms. The van der Waals surface area contributed by atoms with Crippen molar-refractivity contribution >= 4 is 22.7 Å². The highest BCUT2D eigenvalue weighted by molar-refractivity contribution is 5.85. The van der Waals surface area contributed by atoms with Crippen molar-refractivity contribution in [2.24, 2.45) is 5.92 Å². The van der Waals surface area contributed by atoms with Gasteiger partial charge in [0, 0.05) is 43.2 Å². The number of para-hydroxylation sites is 1. The quantitative estimate of drug-likeness (QED) is 0.263. The van der Waals surface area contributed by atoms with E-state index in [0.29, 0.717) is 32.0 Å². The van der Waals surface area contributed by atoms with Crippen LogP contribution >= 0.6 is 0 Å². The Morgan fingerprint density at radius 3 is 2.39 bits per heavy atom. The SMILES string of the molecule is CCCCCCC(=O)N(CC(=O)N(CCc1c[nH]c2ccccc12)Cc1ccc(C)cc1)CC(C)C. The van der Waals surface area contributed by atoms with E-state index in [-0.39, 0.29) is 18.4 Å². The highest BCUT2D eigenvalue weighted by Crippen LogP contribution is 2.19. The summed E-state index contributed by atoms with van der Waals surface area (Å²) in [5, 5.41) is 1.20. The maximum Gasteiger partial charge on any atom is 0.242 e. The number of fused-ring (bicyclic) bond motifs is 1. The molecule has 0 aliphatic rings. The van der Waals surface area contributed by atoms with Gasteiger partial charge in [-0.25, -0.2) is 0 Å². The lowest BCUT2D eigenvalue weighted by molar-refractivity contribution is -0.141. The molecule has 3 aromatic rings. The second kappa shape index (κ2) is 13.9. The number of hydrogen-bond acceptors (Lipinski definition) is 2. The first-order chi connectivity index (χ1) is 17.4. The fourth-order valence-electron chi connectivity index (χ4n) is 4.62. The van der Waals surface area contributed by atoms with Crippen LogP contribution in [0, 0.1) is 12.8 Å². The number of rotatable bonds is 14. The fourth-order valence-corrected chi connectivity index (χ4v) is 4.62. The largest absolute Gasteiger partial charge is 0.361 e. The molecule has 2 aromatic carbocycles. The summed E-state index contributed by atoms with van der Waals surface area (Å²) in [5.74, 6) is 0.423. The summed E-state index contributed by atoms with van der Waals surface area (Å²) >= 11 is 0. The Morgan fingerprint density at radius 2 is 1.67 bits per heavy atom. The molecule has 0 unspecified atom stereocenters. The van der Waals surface area contributed by atoms with E-state index in [2.05, 4.69) is 69.1 Å². The first kappa shape index (κ1) is 27.5.